The first-order chi connectivity index (χ1) is 11.3. The minimum absolute atomic E-state index is 0.659. The van der Waals surface area contributed by atoms with Crippen LogP contribution < -0.4 is 0 Å². The first-order valence-electron chi connectivity index (χ1n) is 7.47. The summed E-state index contributed by atoms with van der Waals surface area (Å²) in [6.45, 7) is 0. The van der Waals surface area contributed by atoms with Crippen molar-refractivity contribution in [2.24, 2.45) is 0 Å². The topological polar surface area (TPSA) is 26.0 Å². The molecule has 4 aromatic rings. The van der Waals surface area contributed by atoms with Crippen LogP contribution in [0.3, 0.4) is 0 Å². The van der Waals surface area contributed by atoms with Gasteiger partial charge in [-0.1, -0.05) is 60.1 Å². The average Bonchev–Trinajstić information content (AvgIpc) is 2.99. The Morgan fingerprint density at radius 1 is 0.826 bits per heavy atom. The summed E-state index contributed by atoms with van der Waals surface area (Å²) >= 11 is 5.92. The van der Waals surface area contributed by atoms with Crippen molar-refractivity contribution < 1.29 is 4.42 Å². The summed E-state index contributed by atoms with van der Waals surface area (Å²) in [4.78, 5) is 4.57. The Kier molecular flexibility index (Phi) is 3.60. The van der Waals surface area contributed by atoms with Gasteiger partial charge >= 0.3 is 0 Å². The van der Waals surface area contributed by atoms with E-state index in [1.807, 2.05) is 54.6 Å². The van der Waals surface area contributed by atoms with Crippen LogP contribution in [0.25, 0.3) is 22.2 Å². The third-order valence-electron chi connectivity index (χ3n) is 3.81. The zero-order valence-corrected chi connectivity index (χ0v) is 13.1. The van der Waals surface area contributed by atoms with Crippen LogP contribution in [-0.2, 0) is 6.42 Å². The Labute approximate surface area is 139 Å². The maximum atomic E-state index is 5.92. The molecule has 23 heavy (non-hydrogen) atoms. The molecule has 2 nitrogen and oxygen atoms in total. The molecule has 0 aliphatic rings. The van der Waals surface area contributed by atoms with Gasteiger partial charge in [-0.15, -0.1) is 0 Å². The van der Waals surface area contributed by atoms with E-state index in [9.17, 15) is 0 Å². The highest BCUT2D eigenvalue weighted by atomic mass is 35.5. The van der Waals surface area contributed by atoms with Gasteiger partial charge in [0.1, 0.15) is 5.52 Å². The number of nitrogens with zero attached hydrogens (tertiary/aromatic N) is 1. The van der Waals surface area contributed by atoms with Gasteiger partial charge in [0.25, 0.3) is 0 Å². The molecule has 0 spiro atoms. The number of halogens is 1. The van der Waals surface area contributed by atoms with Crippen molar-refractivity contribution in [3.05, 3.63) is 89.3 Å². The lowest BCUT2D eigenvalue weighted by Gasteiger charge is -1.99. The predicted octanol–water partition coefficient (Wildman–Crippen LogP) is 5.74. The SMILES string of the molecule is Clc1ccc(Cc2nc3ccc(-c4ccccc4)cc3o2)cc1. The van der Waals surface area contributed by atoms with Crippen LogP contribution in [0.2, 0.25) is 5.02 Å². The molecule has 3 heteroatoms. The van der Waals surface area contributed by atoms with Gasteiger partial charge in [-0.05, 0) is 41.0 Å². The summed E-state index contributed by atoms with van der Waals surface area (Å²) < 4.78 is 5.92. The van der Waals surface area contributed by atoms with E-state index >= 15 is 0 Å². The molecule has 0 amide bonds. The fraction of sp³-hybridized carbons (Fsp3) is 0.0500. The molecule has 112 valence electrons. The lowest BCUT2D eigenvalue weighted by molar-refractivity contribution is 0.544. The predicted molar refractivity (Wildman–Crippen MR) is 93.7 cm³/mol. The van der Waals surface area contributed by atoms with Crippen molar-refractivity contribution >= 4 is 22.7 Å². The molecule has 0 aliphatic heterocycles. The molecule has 4 rings (SSSR count). The van der Waals surface area contributed by atoms with Crippen molar-refractivity contribution in [1.29, 1.82) is 0 Å². The highest BCUT2D eigenvalue weighted by Crippen LogP contribution is 2.25. The van der Waals surface area contributed by atoms with E-state index in [1.54, 1.807) is 0 Å². The van der Waals surface area contributed by atoms with Crippen LogP contribution in [0.1, 0.15) is 11.5 Å². The summed E-state index contributed by atoms with van der Waals surface area (Å²) in [5.41, 5.74) is 5.13. The van der Waals surface area contributed by atoms with Gasteiger partial charge in [-0.3, -0.25) is 0 Å². The van der Waals surface area contributed by atoms with Gasteiger partial charge in [0.05, 0.1) is 0 Å². The molecule has 0 saturated carbocycles. The number of hydrogen-bond donors (Lipinski definition) is 0. The van der Waals surface area contributed by atoms with Gasteiger partial charge in [-0.25, -0.2) is 4.98 Å². The second kappa shape index (κ2) is 5.90. The van der Waals surface area contributed by atoms with Crippen molar-refractivity contribution in [2.75, 3.05) is 0 Å². The summed E-state index contributed by atoms with van der Waals surface area (Å²) in [5, 5.41) is 0.735. The van der Waals surface area contributed by atoms with Gasteiger partial charge < -0.3 is 4.42 Å². The molecule has 0 N–H and O–H groups in total. The van der Waals surface area contributed by atoms with Crippen LogP contribution in [0.4, 0.5) is 0 Å². The number of benzene rings is 3. The van der Waals surface area contributed by atoms with E-state index < -0.39 is 0 Å². The zero-order valence-electron chi connectivity index (χ0n) is 12.4. The van der Waals surface area contributed by atoms with E-state index in [0.29, 0.717) is 12.3 Å². The van der Waals surface area contributed by atoms with Gasteiger partial charge in [-0.2, -0.15) is 0 Å². The highest BCUT2D eigenvalue weighted by Gasteiger charge is 2.08. The van der Waals surface area contributed by atoms with Gasteiger partial charge in [0.2, 0.25) is 0 Å². The second-order valence-corrected chi connectivity index (χ2v) is 5.90. The molecule has 0 atom stereocenters. The second-order valence-electron chi connectivity index (χ2n) is 5.46. The van der Waals surface area contributed by atoms with E-state index in [4.69, 9.17) is 16.0 Å². The Hall–Kier alpha value is -2.58. The van der Waals surface area contributed by atoms with Gasteiger partial charge in [0, 0.05) is 11.4 Å². The largest absolute Gasteiger partial charge is 0.440 e. The first kappa shape index (κ1) is 14.0. The maximum absolute atomic E-state index is 5.92. The molecule has 0 radical (unpaired) electrons. The minimum atomic E-state index is 0.659. The molecule has 0 unspecified atom stereocenters. The molecule has 1 aromatic heterocycles. The molecule has 0 bridgehead atoms. The third-order valence-corrected chi connectivity index (χ3v) is 4.06. The minimum Gasteiger partial charge on any atom is -0.440 e. The summed E-state index contributed by atoms with van der Waals surface area (Å²) in [6.07, 6.45) is 0.659. The maximum Gasteiger partial charge on any atom is 0.199 e. The quantitative estimate of drug-likeness (QED) is 0.481. The van der Waals surface area contributed by atoms with Crippen LogP contribution in [0.5, 0.6) is 0 Å². The smallest absolute Gasteiger partial charge is 0.199 e. The van der Waals surface area contributed by atoms with Crippen molar-refractivity contribution in [2.45, 2.75) is 6.42 Å². The molecule has 1 heterocycles. The molecular formula is C20H14ClNO. The molecule has 0 aliphatic carbocycles. The van der Waals surface area contributed by atoms with Gasteiger partial charge in [0.15, 0.2) is 11.5 Å². The zero-order chi connectivity index (χ0) is 15.6. The summed E-state index contributed by atoms with van der Waals surface area (Å²) in [7, 11) is 0. The number of fused-ring (bicyclic) bond motifs is 1. The van der Waals surface area contributed by atoms with E-state index in [-0.39, 0.29) is 0 Å². The van der Waals surface area contributed by atoms with E-state index in [0.717, 1.165) is 27.2 Å². The first-order valence-corrected chi connectivity index (χ1v) is 7.85. The van der Waals surface area contributed by atoms with Crippen molar-refractivity contribution in [1.82, 2.24) is 4.98 Å². The number of hydrogen-bond acceptors (Lipinski definition) is 2. The Morgan fingerprint density at radius 3 is 2.39 bits per heavy atom. The van der Waals surface area contributed by atoms with Crippen LogP contribution in [0.15, 0.2) is 77.2 Å². The van der Waals surface area contributed by atoms with E-state index in [1.165, 1.54) is 5.56 Å². The number of oxazole rings is 1. The van der Waals surface area contributed by atoms with Crippen LogP contribution >= 0.6 is 11.6 Å². The Bertz CT molecular complexity index is 942. The standard InChI is InChI=1S/C20H14ClNO/c21-17-9-6-14(7-10-17)12-20-22-18-11-8-16(13-19(18)23-20)15-4-2-1-3-5-15/h1-11,13H,12H2. The summed E-state index contributed by atoms with van der Waals surface area (Å²) in [5.74, 6) is 0.715. The Morgan fingerprint density at radius 2 is 1.61 bits per heavy atom. The van der Waals surface area contributed by atoms with Crippen LogP contribution in [0, 0.1) is 0 Å². The highest BCUT2D eigenvalue weighted by molar-refractivity contribution is 6.30. The molecule has 0 saturated heterocycles. The monoisotopic (exact) mass is 319 g/mol. The van der Waals surface area contributed by atoms with Crippen molar-refractivity contribution in [3.63, 3.8) is 0 Å². The third kappa shape index (κ3) is 2.99. The van der Waals surface area contributed by atoms with Crippen molar-refractivity contribution in [3.8, 4) is 11.1 Å². The molecular weight excluding hydrogens is 306 g/mol. The molecule has 3 aromatic carbocycles. The number of aromatic nitrogens is 1. The lowest BCUT2D eigenvalue weighted by atomic mass is 10.1. The fourth-order valence-electron chi connectivity index (χ4n) is 2.63. The lowest BCUT2D eigenvalue weighted by Crippen LogP contribution is -1.87. The summed E-state index contributed by atoms with van der Waals surface area (Å²) in [6, 6.07) is 24.1. The average molecular weight is 320 g/mol. The number of rotatable bonds is 3. The Balaban J connectivity index is 1.66. The van der Waals surface area contributed by atoms with Crippen LogP contribution in [-0.4, -0.2) is 4.98 Å². The molecule has 0 fully saturated rings. The fourth-order valence-corrected chi connectivity index (χ4v) is 2.76. The normalized spacial score (nSPS) is 11.0. The van der Waals surface area contributed by atoms with E-state index in [2.05, 4.69) is 23.2 Å².